The second-order valence-electron chi connectivity index (χ2n) is 6.56. The van der Waals surface area contributed by atoms with E-state index in [4.69, 9.17) is 9.47 Å². The van der Waals surface area contributed by atoms with Crippen molar-refractivity contribution < 1.29 is 19.1 Å². The molecule has 3 aromatic carbocycles. The summed E-state index contributed by atoms with van der Waals surface area (Å²) in [5, 5.41) is 2.28. The lowest BCUT2D eigenvalue weighted by molar-refractivity contribution is -0.149. The van der Waals surface area contributed by atoms with Crippen molar-refractivity contribution in [3.63, 3.8) is 0 Å². The molecule has 1 amide bonds. The van der Waals surface area contributed by atoms with E-state index < -0.39 is 5.97 Å². The number of carbonyl (C=O) groups excluding carboxylic acids is 2. The van der Waals surface area contributed by atoms with E-state index in [0.29, 0.717) is 6.54 Å². The summed E-state index contributed by atoms with van der Waals surface area (Å²) in [7, 11) is 3.28. The van der Waals surface area contributed by atoms with Crippen LogP contribution in [0.15, 0.2) is 71.6 Å². The summed E-state index contributed by atoms with van der Waals surface area (Å²) in [6.07, 6.45) is 0. The first kappa shape index (κ1) is 20.7. The van der Waals surface area contributed by atoms with Gasteiger partial charge >= 0.3 is 5.97 Å². The Balaban J connectivity index is 1.44. The van der Waals surface area contributed by atoms with E-state index in [1.807, 2.05) is 66.7 Å². The van der Waals surface area contributed by atoms with Gasteiger partial charge in [0.15, 0.2) is 6.61 Å². The molecule has 0 saturated carbocycles. The van der Waals surface area contributed by atoms with Gasteiger partial charge in [0.25, 0.3) is 5.91 Å². The molecule has 0 heterocycles. The highest BCUT2D eigenvalue weighted by molar-refractivity contribution is 8.00. The number of thioether (sulfide) groups is 1. The minimum absolute atomic E-state index is 0.158. The number of fused-ring (bicyclic) bond motifs is 1. The van der Waals surface area contributed by atoms with Gasteiger partial charge in [0.05, 0.1) is 12.9 Å². The fourth-order valence-electron chi connectivity index (χ4n) is 2.83. The number of rotatable bonds is 8. The van der Waals surface area contributed by atoms with Crippen LogP contribution < -0.4 is 4.74 Å². The summed E-state index contributed by atoms with van der Waals surface area (Å²) in [6.45, 7) is 0.150. The average Bonchev–Trinajstić information content (AvgIpc) is 2.75. The summed E-state index contributed by atoms with van der Waals surface area (Å²) in [4.78, 5) is 26.8. The van der Waals surface area contributed by atoms with Gasteiger partial charge in [-0.25, -0.2) is 0 Å². The lowest BCUT2D eigenvalue weighted by atomic mass is 10.1. The van der Waals surface area contributed by atoms with Crippen LogP contribution in [0.25, 0.3) is 10.8 Å². The van der Waals surface area contributed by atoms with Crippen molar-refractivity contribution in [1.82, 2.24) is 4.90 Å². The topological polar surface area (TPSA) is 55.8 Å². The zero-order valence-corrected chi connectivity index (χ0v) is 17.3. The molecule has 6 heteroatoms. The summed E-state index contributed by atoms with van der Waals surface area (Å²) in [5.41, 5.74) is 0.943. The molecule has 0 bridgehead atoms. The molecule has 0 aromatic heterocycles. The molecular weight excluding hydrogens is 386 g/mol. The minimum atomic E-state index is -0.411. The van der Waals surface area contributed by atoms with Crippen molar-refractivity contribution in [3.8, 4) is 5.75 Å². The Hall–Kier alpha value is -2.99. The monoisotopic (exact) mass is 409 g/mol. The molecule has 0 saturated heterocycles. The number of benzene rings is 3. The van der Waals surface area contributed by atoms with E-state index in [1.54, 1.807) is 14.2 Å². The number of methoxy groups -OCH3 is 1. The molecule has 0 aliphatic carbocycles. The van der Waals surface area contributed by atoms with E-state index in [0.717, 1.165) is 27.0 Å². The number of carbonyl (C=O) groups is 2. The first-order valence-corrected chi connectivity index (χ1v) is 10.2. The van der Waals surface area contributed by atoms with Gasteiger partial charge in [0, 0.05) is 18.5 Å². The van der Waals surface area contributed by atoms with Crippen molar-refractivity contribution in [3.05, 3.63) is 72.3 Å². The molecule has 5 nitrogen and oxygen atoms in total. The van der Waals surface area contributed by atoms with Crippen LogP contribution in [0, 0.1) is 0 Å². The molecule has 0 aliphatic heterocycles. The van der Waals surface area contributed by atoms with Crippen LogP contribution in [0.4, 0.5) is 0 Å². The highest BCUT2D eigenvalue weighted by Gasteiger charge is 2.13. The molecule has 3 rings (SSSR count). The van der Waals surface area contributed by atoms with Crippen LogP contribution in [0.3, 0.4) is 0 Å². The Kier molecular flexibility index (Phi) is 7.14. The van der Waals surface area contributed by atoms with Crippen LogP contribution in [0.5, 0.6) is 5.75 Å². The van der Waals surface area contributed by atoms with Crippen molar-refractivity contribution in [1.29, 1.82) is 0 Å². The van der Waals surface area contributed by atoms with E-state index in [1.165, 1.54) is 16.7 Å². The minimum Gasteiger partial charge on any atom is -0.497 e. The lowest BCUT2D eigenvalue weighted by Crippen LogP contribution is -2.31. The van der Waals surface area contributed by atoms with Crippen LogP contribution in [0.1, 0.15) is 5.56 Å². The van der Waals surface area contributed by atoms with E-state index in [-0.39, 0.29) is 18.3 Å². The number of ether oxygens (including phenoxy) is 2. The van der Waals surface area contributed by atoms with E-state index >= 15 is 0 Å². The number of likely N-dealkylation sites (N-methyl/N-ethyl adjacent to an activating group) is 1. The Morgan fingerprint density at radius 2 is 1.76 bits per heavy atom. The maximum Gasteiger partial charge on any atom is 0.316 e. The Morgan fingerprint density at radius 1 is 0.966 bits per heavy atom. The summed E-state index contributed by atoms with van der Waals surface area (Å²) >= 11 is 1.40. The molecule has 0 spiro atoms. The maximum absolute atomic E-state index is 12.2. The van der Waals surface area contributed by atoms with Crippen molar-refractivity contribution in [2.75, 3.05) is 26.5 Å². The predicted octanol–water partition coefficient (Wildman–Crippen LogP) is 4.14. The van der Waals surface area contributed by atoms with Crippen LogP contribution in [-0.2, 0) is 20.9 Å². The van der Waals surface area contributed by atoms with Gasteiger partial charge in [-0.1, -0.05) is 42.5 Å². The highest BCUT2D eigenvalue weighted by atomic mass is 32.2. The van der Waals surface area contributed by atoms with Gasteiger partial charge in [0.1, 0.15) is 5.75 Å². The molecule has 0 unspecified atom stereocenters. The number of esters is 1. The number of nitrogens with zero attached hydrogens (tertiary/aromatic N) is 1. The van der Waals surface area contributed by atoms with Gasteiger partial charge in [-0.15, -0.1) is 11.8 Å². The Labute approximate surface area is 174 Å². The molecule has 0 fully saturated rings. The van der Waals surface area contributed by atoms with Gasteiger partial charge in [-0.2, -0.15) is 0 Å². The molecule has 29 heavy (non-hydrogen) atoms. The highest BCUT2D eigenvalue weighted by Crippen LogP contribution is 2.23. The second-order valence-corrected chi connectivity index (χ2v) is 7.61. The Bertz CT molecular complexity index is 1000. The summed E-state index contributed by atoms with van der Waals surface area (Å²) in [5.74, 6) is 0.231. The van der Waals surface area contributed by atoms with E-state index in [2.05, 4.69) is 0 Å². The van der Waals surface area contributed by atoms with Crippen LogP contribution in [-0.4, -0.2) is 43.3 Å². The van der Waals surface area contributed by atoms with E-state index in [9.17, 15) is 9.59 Å². The maximum atomic E-state index is 12.2. The Morgan fingerprint density at radius 3 is 2.55 bits per heavy atom. The quantitative estimate of drug-likeness (QED) is 0.413. The first-order chi connectivity index (χ1) is 14.0. The van der Waals surface area contributed by atoms with Crippen molar-refractivity contribution in [2.45, 2.75) is 11.4 Å². The largest absolute Gasteiger partial charge is 0.497 e. The average molecular weight is 410 g/mol. The standard InChI is InChI=1S/C23H23NO4S/c1-24(14-17-6-5-9-20(12-17)27-2)22(25)15-28-23(26)16-29-21-11-10-18-7-3-4-8-19(18)13-21/h3-13H,14-16H2,1-2H3. The molecule has 0 radical (unpaired) electrons. The molecule has 0 N–H and O–H groups in total. The first-order valence-electron chi connectivity index (χ1n) is 9.19. The third kappa shape index (κ3) is 5.99. The molecule has 0 aliphatic rings. The number of amides is 1. The third-order valence-electron chi connectivity index (χ3n) is 4.41. The molecule has 3 aromatic rings. The van der Waals surface area contributed by atoms with Crippen LogP contribution >= 0.6 is 11.8 Å². The van der Waals surface area contributed by atoms with Crippen molar-refractivity contribution in [2.24, 2.45) is 0 Å². The fraction of sp³-hybridized carbons (Fsp3) is 0.217. The summed E-state index contributed by atoms with van der Waals surface area (Å²) < 4.78 is 10.3. The number of hydrogen-bond acceptors (Lipinski definition) is 5. The fourth-order valence-corrected chi connectivity index (χ4v) is 3.57. The van der Waals surface area contributed by atoms with Gasteiger partial charge < -0.3 is 14.4 Å². The SMILES string of the molecule is COc1cccc(CN(C)C(=O)COC(=O)CSc2ccc3ccccc3c2)c1. The smallest absolute Gasteiger partial charge is 0.316 e. The van der Waals surface area contributed by atoms with Gasteiger partial charge in [-0.3, -0.25) is 9.59 Å². The van der Waals surface area contributed by atoms with Crippen molar-refractivity contribution >= 4 is 34.4 Å². The second kappa shape index (κ2) is 9.98. The normalized spacial score (nSPS) is 10.6. The lowest BCUT2D eigenvalue weighted by Gasteiger charge is -2.17. The summed E-state index contributed by atoms with van der Waals surface area (Å²) in [6, 6.07) is 21.6. The van der Waals surface area contributed by atoms with Gasteiger partial charge in [0.2, 0.25) is 0 Å². The zero-order valence-electron chi connectivity index (χ0n) is 16.5. The van der Waals surface area contributed by atoms with Crippen LogP contribution in [0.2, 0.25) is 0 Å². The third-order valence-corrected chi connectivity index (χ3v) is 5.38. The number of hydrogen-bond donors (Lipinski definition) is 0. The van der Waals surface area contributed by atoms with Gasteiger partial charge in [-0.05, 0) is 40.6 Å². The molecule has 150 valence electrons. The predicted molar refractivity (Wildman–Crippen MR) is 115 cm³/mol. The zero-order chi connectivity index (χ0) is 20.6. The molecule has 0 atom stereocenters. The molecular formula is C23H23NO4S.